The molecule has 7 heteroatoms. The molecule has 0 unspecified atom stereocenters. The number of sulfonamides is 1. The molecule has 1 aliphatic rings. The minimum absolute atomic E-state index is 0.259. The standard InChI is InChI=1S/C16H20N2O3S2/c19-23(20,18-10-9-13-11-22-12-17-13)16-7-5-15(6-8-16)21-14-3-1-2-4-14/h5-8,11-12,14,18H,1-4,9-10H2. The molecule has 1 heterocycles. The van der Waals surface area contributed by atoms with Gasteiger partial charge in [-0.1, -0.05) is 0 Å². The van der Waals surface area contributed by atoms with Gasteiger partial charge in [0.1, 0.15) is 5.75 Å². The molecule has 0 amide bonds. The number of aromatic nitrogens is 1. The molecule has 1 saturated carbocycles. The van der Waals surface area contributed by atoms with Crippen molar-refractivity contribution in [3.8, 4) is 5.75 Å². The van der Waals surface area contributed by atoms with Crippen LogP contribution >= 0.6 is 11.3 Å². The van der Waals surface area contributed by atoms with Gasteiger partial charge in [0.15, 0.2) is 0 Å². The van der Waals surface area contributed by atoms with Gasteiger partial charge in [-0.05, 0) is 49.9 Å². The maximum Gasteiger partial charge on any atom is 0.240 e. The highest BCUT2D eigenvalue weighted by Crippen LogP contribution is 2.24. The molecule has 0 aliphatic heterocycles. The minimum Gasteiger partial charge on any atom is -0.490 e. The quantitative estimate of drug-likeness (QED) is 0.832. The molecule has 1 aromatic carbocycles. The molecule has 23 heavy (non-hydrogen) atoms. The number of ether oxygens (including phenoxy) is 1. The SMILES string of the molecule is O=S(=O)(NCCc1cscn1)c1ccc(OC2CCCC2)cc1. The highest BCUT2D eigenvalue weighted by Gasteiger charge is 2.17. The lowest BCUT2D eigenvalue weighted by Gasteiger charge is -2.13. The van der Waals surface area contributed by atoms with Crippen molar-refractivity contribution >= 4 is 21.4 Å². The Morgan fingerprint density at radius 1 is 1.22 bits per heavy atom. The van der Waals surface area contributed by atoms with Crippen molar-refractivity contribution in [1.82, 2.24) is 9.71 Å². The van der Waals surface area contributed by atoms with Crippen molar-refractivity contribution in [2.24, 2.45) is 0 Å². The minimum atomic E-state index is -3.49. The van der Waals surface area contributed by atoms with E-state index in [1.807, 2.05) is 5.38 Å². The van der Waals surface area contributed by atoms with Crippen molar-refractivity contribution in [2.45, 2.75) is 43.1 Å². The predicted molar refractivity (Wildman–Crippen MR) is 90.3 cm³/mol. The van der Waals surface area contributed by atoms with Gasteiger partial charge in [0.05, 0.1) is 22.2 Å². The number of rotatable bonds is 7. The van der Waals surface area contributed by atoms with Crippen LogP contribution < -0.4 is 9.46 Å². The van der Waals surface area contributed by atoms with E-state index in [9.17, 15) is 8.42 Å². The fourth-order valence-electron chi connectivity index (χ4n) is 2.65. The summed E-state index contributed by atoms with van der Waals surface area (Å²) in [6.07, 6.45) is 5.44. The monoisotopic (exact) mass is 352 g/mol. The summed E-state index contributed by atoms with van der Waals surface area (Å²) in [5.74, 6) is 0.735. The van der Waals surface area contributed by atoms with E-state index in [4.69, 9.17) is 4.74 Å². The molecule has 1 fully saturated rings. The van der Waals surface area contributed by atoms with E-state index in [1.165, 1.54) is 24.2 Å². The highest BCUT2D eigenvalue weighted by molar-refractivity contribution is 7.89. The molecule has 0 saturated heterocycles. The summed E-state index contributed by atoms with van der Waals surface area (Å²) in [6.45, 7) is 0.340. The van der Waals surface area contributed by atoms with Crippen LogP contribution in [0.3, 0.4) is 0 Å². The van der Waals surface area contributed by atoms with Gasteiger partial charge < -0.3 is 4.74 Å². The highest BCUT2D eigenvalue weighted by atomic mass is 32.2. The average Bonchev–Trinajstić information content (AvgIpc) is 3.21. The van der Waals surface area contributed by atoms with Crippen LogP contribution in [0, 0.1) is 0 Å². The molecule has 124 valence electrons. The van der Waals surface area contributed by atoms with E-state index in [0.29, 0.717) is 13.0 Å². The molecule has 3 rings (SSSR count). The average molecular weight is 352 g/mol. The lowest BCUT2D eigenvalue weighted by atomic mass is 10.3. The zero-order valence-electron chi connectivity index (χ0n) is 12.8. The molecule has 0 spiro atoms. The van der Waals surface area contributed by atoms with Crippen LogP contribution in [0.15, 0.2) is 40.1 Å². The summed E-state index contributed by atoms with van der Waals surface area (Å²) in [6, 6.07) is 6.64. The molecule has 0 atom stereocenters. The van der Waals surface area contributed by atoms with E-state index in [1.54, 1.807) is 29.8 Å². The van der Waals surface area contributed by atoms with Gasteiger partial charge >= 0.3 is 0 Å². The summed E-state index contributed by atoms with van der Waals surface area (Å²) in [7, 11) is -3.49. The molecule has 1 aromatic heterocycles. The number of hydrogen-bond donors (Lipinski definition) is 1. The third kappa shape index (κ3) is 4.53. The molecule has 0 radical (unpaired) electrons. The van der Waals surface area contributed by atoms with Crippen molar-refractivity contribution in [3.05, 3.63) is 40.8 Å². The Kier molecular flexibility index (Phi) is 5.30. The smallest absolute Gasteiger partial charge is 0.240 e. The summed E-state index contributed by atoms with van der Waals surface area (Å²) < 4.78 is 32.9. The lowest BCUT2D eigenvalue weighted by molar-refractivity contribution is 0.210. The number of hydrogen-bond acceptors (Lipinski definition) is 5. The first-order valence-electron chi connectivity index (χ1n) is 7.77. The normalized spacial score (nSPS) is 15.8. The molecular formula is C16H20N2O3S2. The van der Waals surface area contributed by atoms with Crippen LogP contribution in [0.25, 0.3) is 0 Å². The molecule has 2 aromatic rings. The van der Waals surface area contributed by atoms with Gasteiger partial charge in [0, 0.05) is 18.3 Å². The van der Waals surface area contributed by atoms with Crippen molar-refractivity contribution in [3.63, 3.8) is 0 Å². The summed E-state index contributed by atoms with van der Waals surface area (Å²) >= 11 is 1.51. The predicted octanol–water partition coefficient (Wildman–Crippen LogP) is 2.99. The summed E-state index contributed by atoms with van der Waals surface area (Å²) in [4.78, 5) is 4.39. The summed E-state index contributed by atoms with van der Waals surface area (Å²) in [5.41, 5.74) is 2.64. The van der Waals surface area contributed by atoms with E-state index < -0.39 is 10.0 Å². The maximum absolute atomic E-state index is 12.2. The molecule has 1 N–H and O–H groups in total. The number of nitrogens with one attached hydrogen (secondary N) is 1. The Morgan fingerprint density at radius 3 is 2.61 bits per heavy atom. The molecule has 0 bridgehead atoms. The first-order chi connectivity index (χ1) is 11.1. The van der Waals surface area contributed by atoms with E-state index in [-0.39, 0.29) is 11.0 Å². The molecule has 1 aliphatic carbocycles. The number of nitrogens with zero attached hydrogens (tertiary/aromatic N) is 1. The topological polar surface area (TPSA) is 68.3 Å². The van der Waals surface area contributed by atoms with Crippen LogP contribution in [0.1, 0.15) is 31.4 Å². The Bertz CT molecular complexity index is 706. The van der Waals surface area contributed by atoms with Gasteiger partial charge in [-0.25, -0.2) is 18.1 Å². The zero-order valence-corrected chi connectivity index (χ0v) is 14.4. The second-order valence-corrected chi connectivity index (χ2v) is 8.11. The largest absolute Gasteiger partial charge is 0.490 e. The van der Waals surface area contributed by atoms with Crippen LogP contribution in [-0.2, 0) is 16.4 Å². The van der Waals surface area contributed by atoms with Crippen molar-refractivity contribution in [1.29, 1.82) is 0 Å². The summed E-state index contributed by atoms with van der Waals surface area (Å²) in [5, 5.41) is 1.92. The third-order valence-electron chi connectivity index (χ3n) is 3.90. The Labute approximate surface area is 140 Å². The van der Waals surface area contributed by atoms with Gasteiger partial charge in [-0.3, -0.25) is 0 Å². The maximum atomic E-state index is 12.2. The number of thiazole rings is 1. The van der Waals surface area contributed by atoms with Crippen LogP contribution in [0.5, 0.6) is 5.75 Å². The van der Waals surface area contributed by atoms with Crippen molar-refractivity contribution < 1.29 is 13.2 Å². The van der Waals surface area contributed by atoms with Crippen LogP contribution in [-0.4, -0.2) is 26.1 Å². The van der Waals surface area contributed by atoms with Crippen LogP contribution in [0.4, 0.5) is 0 Å². The first kappa shape index (κ1) is 16.4. The second-order valence-electron chi connectivity index (χ2n) is 5.62. The third-order valence-corrected chi connectivity index (χ3v) is 6.01. The fraction of sp³-hybridized carbons (Fsp3) is 0.438. The second kappa shape index (κ2) is 7.42. The Hall–Kier alpha value is -1.44. The Morgan fingerprint density at radius 2 is 1.96 bits per heavy atom. The number of benzene rings is 1. The van der Waals surface area contributed by atoms with Gasteiger partial charge in [-0.2, -0.15) is 0 Å². The van der Waals surface area contributed by atoms with Gasteiger partial charge in [0.25, 0.3) is 0 Å². The van der Waals surface area contributed by atoms with E-state index in [2.05, 4.69) is 9.71 Å². The first-order valence-corrected chi connectivity index (χ1v) is 10.2. The lowest BCUT2D eigenvalue weighted by Crippen LogP contribution is -2.26. The van der Waals surface area contributed by atoms with E-state index in [0.717, 1.165) is 24.3 Å². The molecule has 5 nitrogen and oxygen atoms in total. The van der Waals surface area contributed by atoms with Gasteiger partial charge in [-0.15, -0.1) is 11.3 Å². The van der Waals surface area contributed by atoms with Crippen LogP contribution in [0.2, 0.25) is 0 Å². The fourth-order valence-corrected chi connectivity index (χ4v) is 4.28. The van der Waals surface area contributed by atoms with E-state index >= 15 is 0 Å². The van der Waals surface area contributed by atoms with Crippen molar-refractivity contribution in [2.75, 3.05) is 6.54 Å². The zero-order chi connectivity index (χ0) is 16.1. The Balaban J connectivity index is 1.56. The van der Waals surface area contributed by atoms with Gasteiger partial charge in [0.2, 0.25) is 10.0 Å². The molecular weight excluding hydrogens is 332 g/mol.